The minimum Gasteiger partial charge on any atom is -0.426 e. The first kappa shape index (κ1) is 30.0. The van der Waals surface area contributed by atoms with Crippen LogP contribution in [-0.4, -0.2) is 44.3 Å². The molecule has 1 saturated carbocycles. The third-order valence-corrected chi connectivity index (χ3v) is 13.1. The lowest BCUT2D eigenvalue weighted by Crippen LogP contribution is -2.50. The number of ether oxygens (including phenoxy) is 1. The molecule has 2 aromatic carbocycles. The molecule has 2 aromatic rings. The zero-order chi connectivity index (χ0) is 30.7. The number of aryl methyl sites for hydroxylation is 3. The van der Waals surface area contributed by atoms with Crippen LogP contribution in [0.3, 0.4) is 0 Å². The number of anilines is 2. The number of hydrogen-bond donors (Lipinski definition) is 0. The number of carbonyl (C=O) groups excluding carboxylic acids is 4. The molecule has 3 amide bonds. The zero-order valence-electron chi connectivity index (χ0n) is 22.3. The molecule has 0 aromatic heterocycles. The lowest BCUT2D eigenvalue weighted by atomic mass is 9.84. The Morgan fingerprint density at radius 3 is 1.98 bits per heavy atom. The third-order valence-electron chi connectivity index (χ3n) is 8.80. The summed E-state index contributed by atoms with van der Waals surface area (Å²) in [6, 6.07) is 10.2. The molecular formula is C29H22Cl6N2O5. The number of esters is 1. The van der Waals surface area contributed by atoms with Crippen molar-refractivity contribution in [1.82, 2.24) is 0 Å². The summed E-state index contributed by atoms with van der Waals surface area (Å²) in [4.78, 5) is 51.8. The van der Waals surface area contributed by atoms with E-state index in [1.807, 2.05) is 32.0 Å². The predicted octanol–water partition coefficient (Wildman–Crippen LogP) is 6.52. The molecule has 6 rings (SSSR count). The molecule has 2 heterocycles. The summed E-state index contributed by atoms with van der Waals surface area (Å²) in [5, 5.41) is -0.342. The van der Waals surface area contributed by atoms with Gasteiger partial charge in [-0.15, -0.1) is 23.2 Å². The van der Waals surface area contributed by atoms with Gasteiger partial charge < -0.3 is 9.64 Å². The van der Waals surface area contributed by atoms with Gasteiger partial charge >= 0.3 is 5.97 Å². The molecule has 13 heteroatoms. The Kier molecular flexibility index (Phi) is 6.97. The number of amides is 3. The number of benzene rings is 2. The molecule has 4 aliphatic rings. The van der Waals surface area contributed by atoms with Crippen LogP contribution in [0, 0.1) is 38.5 Å². The van der Waals surface area contributed by atoms with Crippen LogP contribution in [0.2, 0.25) is 0 Å². The van der Waals surface area contributed by atoms with Gasteiger partial charge in [-0.1, -0.05) is 52.5 Å². The number of fused-ring (bicyclic) bond motifs is 5. The maximum atomic E-state index is 13.7. The largest absolute Gasteiger partial charge is 0.426 e. The van der Waals surface area contributed by atoms with E-state index in [2.05, 4.69) is 0 Å². The Morgan fingerprint density at radius 2 is 1.43 bits per heavy atom. The fourth-order valence-corrected chi connectivity index (χ4v) is 9.31. The maximum Gasteiger partial charge on any atom is 0.316 e. The number of allylic oxidation sites excluding steroid dienone is 2. The summed E-state index contributed by atoms with van der Waals surface area (Å²) in [7, 11) is 0. The lowest BCUT2D eigenvalue weighted by Gasteiger charge is -2.34. The summed E-state index contributed by atoms with van der Waals surface area (Å²) >= 11 is 39.4. The number of hydrogen-bond acceptors (Lipinski definition) is 5. The first-order chi connectivity index (χ1) is 19.6. The van der Waals surface area contributed by atoms with Crippen LogP contribution >= 0.6 is 69.6 Å². The standard InChI is InChI=1S/C29H22Cl6N2O5/c1-12-4-5-16(8-13(12)2)36-11-15(10-19(36)38)26(41)42-17-6-7-18(14(3)9-17)37-24(39)20-21(25(37)40)28(33)23(31)22(30)27(20,32)29(28,34)35/h4-9,15,20-21H,10-11H2,1-3H3/t15-,20-,21+,27+,28+/m0/s1. The van der Waals surface area contributed by atoms with Crippen molar-refractivity contribution in [3.63, 3.8) is 0 Å². The molecule has 2 aliphatic heterocycles. The van der Waals surface area contributed by atoms with Gasteiger partial charge in [-0.05, 0) is 67.8 Å². The van der Waals surface area contributed by atoms with Crippen molar-refractivity contribution >= 4 is 105 Å². The SMILES string of the molecule is Cc1ccc(N2C[C@@H](C(=O)Oc3ccc(N4C(=O)[C@@H]5[C@H](C4=O)[C@@]4(Cl)C(Cl)=C(Cl)[C@@]5(Cl)C4(Cl)Cl)c(C)c3)CC2=O)cc1C. The van der Waals surface area contributed by atoms with Crippen LogP contribution in [0.25, 0.3) is 0 Å². The quantitative estimate of drug-likeness (QED) is 0.158. The Balaban J connectivity index is 1.21. The average molecular weight is 691 g/mol. The molecule has 3 fully saturated rings. The number of halogens is 6. The predicted molar refractivity (Wildman–Crippen MR) is 163 cm³/mol. The number of nitrogens with zero attached hydrogens (tertiary/aromatic N) is 2. The van der Waals surface area contributed by atoms with E-state index in [9.17, 15) is 19.2 Å². The fraction of sp³-hybridized carbons (Fsp3) is 0.379. The van der Waals surface area contributed by atoms with Crippen LogP contribution in [0.15, 0.2) is 46.5 Å². The van der Waals surface area contributed by atoms with Gasteiger partial charge in [0.2, 0.25) is 17.7 Å². The van der Waals surface area contributed by atoms with E-state index in [-0.39, 0.29) is 40.4 Å². The molecule has 7 nitrogen and oxygen atoms in total. The van der Waals surface area contributed by atoms with Gasteiger partial charge in [0.25, 0.3) is 0 Å². The van der Waals surface area contributed by atoms with Crippen LogP contribution < -0.4 is 14.5 Å². The van der Waals surface area contributed by atoms with Gasteiger partial charge in [0, 0.05) is 18.7 Å². The van der Waals surface area contributed by atoms with E-state index in [0.717, 1.165) is 21.7 Å². The summed E-state index contributed by atoms with van der Waals surface area (Å²) in [6.45, 7) is 5.79. The second-order valence-electron chi connectivity index (χ2n) is 11.1. The highest BCUT2D eigenvalue weighted by molar-refractivity contribution is 6.67. The molecule has 2 bridgehead atoms. The summed E-state index contributed by atoms with van der Waals surface area (Å²) in [5.41, 5.74) is 3.56. The summed E-state index contributed by atoms with van der Waals surface area (Å²) < 4.78 is 3.59. The minimum absolute atomic E-state index is 0.0184. The monoisotopic (exact) mass is 688 g/mol. The van der Waals surface area contributed by atoms with E-state index in [1.165, 1.54) is 18.2 Å². The molecule has 42 heavy (non-hydrogen) atoms. The van der Waals surface area contributed by atoms with Crippen molar-refractivity contribution < 1.29 is 23.9 Å². The van der Waals surface area contributed by atoms with Crippen molar-refractivity contribution in [2.75, 3.05) is 16.3 Å². The van der Waals surface area contributed by atoms with Crippen molar-refractivity contribution in [2.45, 2.75) is 41.3 Å². The average Bonchev–Trinajstić information content (AvgIpc) is 3.51. The van der Waals surface area contributed by atoms with Crippen LogP contribution in [-0.2, 0) is 19.2 Å². The number of rotatable bonds is 4. The number of alkyl halides is 4. The second kappa shape index (κ2) is 9.75. The van der Waals surface area contributed by atoms with Crippen LogP contribution in [0.4, 0.5) is 11.4 Å². The Hall–Kier alpha value is -2.00. The maximum absolute atomic E-state index is 13.7. The normalized spacial score (nSPS) is 31.5. The van der Waals surface area contributed by atoms with Gasteiger partial charge in [-0.25, -0.2) is 4.90 Å². The molecule has 0 radical (unpaired) electrons. The van der Waals surface area contributed by atoms with Gasteiger partial charge in [0.1, 0.15) is 15.5 Å². The molecular weight excluding hydrogens is 669 g/mol. The highest BCUT2D eigenvalue weighted by Crippen LogP contribution is 2.77. The Bertz CT molecular complexity index is 1610. The topological polar surface area (TPSA) is 84.0 Å². The van der Waals surface area contributed by atoms with Crippen LogP contribution in [0.5, 0.6) is 5.75 Å². The van der Waals surface area contributed by atoms with Gasteiger partial charge in [0.15, 0.2) is 4.33 Å². The van der Waals surface area contributed by atoms with E-state index >= 15 is 0 Å². The van der Waals surface area contributed by atoms with Crippen molar-refractivity contribution in [1.29, 1.82) is 0 Å². The van der Waals surface area contributed by atoms with Crippen molar-refractivity contribution in [3.8, 4) is 5.75 Å². The number of carbonyl (C=O) groups is 4. The first-order valence-electron chi connectivity index (χ1n) is 13.0. The fourth-order valence-electron chi connectivity index (χ4n) is 6.38. The number of imide groups is 1. The molecule has 5 atom stereocenters. The molecule has 2 saturated heterocycles. The summed E-state index contributed by atoms with van der Waals surface area (Å²) in [6.07, 6.45) is 0.0184. The van der Waals surface area contributed by atoms with Gasteiger partial charge in [0.05, 0.1) is 33.5 Å². The summed E-state index contributed by atoms with van der Waals surface area (Å²) in [5.74, 6) is -5.09. The molecule has 2 aliphatic carbocycles. The highest BCUT2D eigenvalue weighted by atomic mass is 35.5. The van der Waals surface area contributed by atoms with E-state index < -0.39 is 49.6 Å². The smallest absolute Gasteiger partial charge is 0.316 e. The molecule has 0 N–H and O–H groups in total. The van der Waals surface area contributed by atoms with Gasteiger partial charge in [-0.3, -0.25) is 19.2 Å². The first-order valence-corrected chi connectivity index (χ1v) is 15.2. The Labute approximate surface area is 271 Å². The second-order valence-corrected chi connectivity index (χ2v) is 14.4. The van der Waals surface area contributed by atoms with Crippen molar-refractivity contribution in [2.24, 2.45) is 17.8 Å². The third kappa shape index (κ3) is 3.74. The van der Waals surface area contributed by atoms with E-state index in [1.54, 1.807) is 11.8 Å². The zero-order valence-corrected chi connectivity index (χ0v) is 26.8. The lowest BCUT2D eigenvalue weighted by molar-refractivity contribution is -0.139. The Morgan fingerprint density at radius 1 is 0.833 bits per heavy atom. The molecule has 0 spiro atoms. The van der Waals surface area contributed by atoms with Gasteiger partial charge in [-0.2, -0.15) is 0 Å². The van der Waals surface area contributed by atoms with Crippen molar-refractivity contribution in [3.05, 3.63) is 63.2 Å². The minimum atomic E-state index is -2.02. The van der Waals surface area contributed by atoms with E-state index in [4.69, 9.17) is 74.3 Å². The highest BCUT2D eigenvalue weighted by Gasteiger charge is 2.87. The molecule has 220 valence electrons. The van der Waals surface area contributed by atoms with Crippen LogP contribution in [0.1, 0.15) is 23.1 Å². The molecule has 0 unspecified atom stereocenters. The van der Waals surface area contributed by atoms with E-state index in [0.29, 0.717) is 5.56 Å².